The van der Waals surface area contributed by atoms with Crippen molar-refractivity contribution in [2.75, 3.05) is 0 Å². The number of benzene rings is 1. The zero-order valence-corrected chi connectivity index (χ0v) is 10.2. The average molecular weight is 281 g/mol. The van der Waals surface area contributed by atoms with Gasteiger partial charge in [0, 0.05) is 12.0 Å². The van der Waals surface area contributed by atoms with Crippen molar-refractivity contribution in [3.8, 4) is 0 Å². The summed E-state index contributed by atoms with van der Waals surface area (Å²) in [5.74, 6) is 0. The number of furan rings is 1. The van der Waals surface area contributed by atoms with Crippen molar-refractivity contribution >= 4 is 5.71 Å². The molecule has 1 aliphatic heterocycles. The molecule has 1 aromatic carbocycles. The minimum absolute atomic E-state index is 0.359. The summed E-state index contributed by atoms with van der Waals surface area (Å²) in [6, 6.07) is 6.70. The molecular weight excluding hydrogens is 271 g/mol. The van der Waals surface area contributed by atoms with E-state index in [-0.39, 0.29) is 6.10 Å². The van der Waals surface area contributed by atoms with Crippen LogP contribution in [-0.4, -0.2) is 5.71 Å². The van der Waals surface area contributed by atoms with Crippen LogP contribution in [0.15, 0.2) is 52.4 Å². The lowest BCUT2D eigenvalue weighted by Gasteiger charge is -2.10. The van der Waals surface area contributed by atoms with Gasteiger partial charge in [-0.05, 0) is 23.8 Å². The van der Waals surface area contributed by atoms with Crippen molar-refractivity contribution in [3.05, 3.63) is 59.5 Å². The van der Waals surface area contributed by atoms with E-state index in [0.717, 1.165) is 23.4 Å². The summed E-state index contributed by atoms with van der Waals surface area (Å²) in [5.41, 5.74) is 1.54. The van der Waals surface area contributed by atoms with E-state index in [1.54, 1.807) is 12.3 Å². The van der Waals surface area contributed by atoms with Crippen molar-refractivity contribution in [1.82, 2.24) is 0 Å². The standard InChI is InChI=1S/C14H10F3NO2/c15-14(16,17)11-3-1-9(2-4-11)13-7-12(18-20-13)10-5-6-19-8-10/h1-6,8,13H,7H2. The number of rotatable bonds is 2. The first-order chi connectivity index (χ1) is 9.54. The number of alkyl halides is 3. The highest BCUT2D eigenvalue weighted by Crippen LogP contribution is 2.33. The summed E-state index contributed by atoms with van der Waals surface area (Å²) in [6.07, 6.45) is -1.10. The average Bonchev–Trinajstić information content (AvgIpc) is 3.09. The van der Waals surface area contributed by atoms with E-state index in [1.165, 1.54) is 18.4 Å². The zero-order valence-electron chi connectivity index (χ0n) is 10.2. The molecule has 0 spiro atoms. The fourth-order valence-corrected chi connectivity index (χ4v) is 2.04. The van der Waals surface area contributed by atoms with Gasteiger partial charge in [0.1, 0.15) is 0 Å². The molecule has 3 rings (SSSR count). The van der Waals surface area contributed by atoms with Crippen LogP contribution in [0.3, 0.4) is 0 Å². The molecule has 0 amide bonds. The van der Waals surface area contributed by atoms with Crippen LogP contribution < -0.4 is 0 Å². The third-order valence-corrected chi connectivity index (χ3v) is 3.13. The fraction of sp³-hybridized carbons (Fsp3) is 0.214. The Balaban J connectivity index is 1.73. The second-order valence-electron chi connectivity index (χ2n) is 4.47. The van der Waals surface area contributed by atoms with Gasteiger partial charge in [-0.25, -0.2) is 0 Å². The number of hydrogen-bond donors (Lipinski definition) is 0. The minimum Gasteiger partial charge on any atom is -0.472 e. The second kappa shape index (κ2) is 4.70. The van der Waals surface area contributed by atoms with E-state index in [1.807, 2.05) is 0 Å². The maximum atomic E-state index is 12.5. The topological polar surface area (TPSA) is 34.7 Å². The first kappa shape index (κ1) is 12.8. The maximum Gasteiger partial charge on any atom is 0.416 e. The smallest absolute Gasteiger partial charge is 0.416 e. The van der Waals surface area contributed by atoms with Crippen LogP contribution in [0.1, 0.15) is 29.2 Å². The lowest BCUT2D eigenvalue weighted by Crippen LogP contribution is -2.06. The van der Waals surface area contributed by atoms with E-state index < -0.39 is 11.7 Å². The highest BCUT2D eigenvalue weighted by Gasteiger charge is 2.31. The van der Waals surface area contributed by atoms with E-state index in [9.17, 15) is 13.2 Å². The molecule has 3 nitrogen and oxygen atoms in total. The van der Waals surface area contributed by atoms with Crippen LogP contribution in [-0.2, 0) is 11.0 Å². The molecule has 0 saturated heterocycles. The van der Waals surface area contributed by atoms with Gasteiger partial charge >= 0.3 is 6.18 Å². The Morgan fingerprint density at radius 2 is 1.85 bits per heavy atom. The summed E-state index contributed by atoms with van der Waals surface area (Å²) in [5, 5.41) is 3.94. The van der Waals surface area contributed by atoms with Crippen LogP contribution in [0.5, 0.6) is 0 Å². The number of nitrogens with zero attached hydrogens (tertiary/aromatic N) is 1. The molecule has 1 aliphatic rings. The third-order valence-electron chi connectivity index (χ3n) is 3.13. The predicted octanol–water partition coefficient (Wildman–Crippen LogP) is 4.16. The monoisotopic (exact) mass is 281 g/mol. The third kappa shape index (κ3) is 2.41. The van der Waals surface area contributed by atoms with Crippen LogP contribution in [0, 0.1) is 0 Å². The lowest BCUT2D eigenvalue weighted by molar-refractivity contribution is -0.137. The lowest BCUT2D eigenvalue weighted by atomic mass is 10.0. The predicted molar refractivity (Wildman–Crippen MR) is 65.1 cm³/mol. The van der Waals surface area contributed by atoms with Gasteiger partial charge in [-0.15, -0.1) is 0 Å². The molecule has 0 saturated carbocycles. The molecule has 0 aliphatic carbocycles. The SMILES string of the molecule is FC(F)(F)c1ccc(C2CC(c3ccoc3)=NO2)cc1. The van der Waals surface area contributed by atoms with E-state index in [2.05, 4.69) is 5.16 Å². The van der Waals surface area contributed by atoms with Crippen LogP contribution in [0.2, 0.25) is 0 Å². The van der Waals surface area contributed by atoms with Gasteiger partial charge in [-0.3, -0.25) is 0 Å². The molecule has 6 heteroatoms. The Morgan fingerprint density at radius 1 is 1.10 bits per heavy atom. The van der Waals surface area contributed by atoms with Gasteiger partial charge in [0.25, 0.3) is 0 Å². The van der Waals surface area contributed by atoms with Crippen molar-refractivity contribution < 1.29 is 22.4 Å². The van der Waals surface area contributed by atoms with Gasteiger partial charge in [0.05, 0.1) is 23.8 Å². The summed E-state index contributed by atoms with van der Waals surface area (Å²) < 4.78 is 42.4. The van der Waals surface area contributed by atoms with Gasteiger partial charge in [-0.2, -0.15) is 13.2 Å². The van der Waals surface area contributed by atoms with Gasteiger partial charge < -0.3 is 9.25 Å². The van der Waals surface area contributed by atoms with Crippen LogP contribution in [0.4, 0.5) is 13.2 Å². The molecule has 1 atom stereocenters. The molecule has 104 valence electrons. The first-order valence-electron chi connectivity index (χ1n) is 5.96. The Hall–Kier alpha value is -2.24. The summed E-state index contributed by atoms with van der Waals surface area (Å²) >= 11 is 0. The van der Waals surface area contributed by atoms with E-state index >= 15 is 0 Å². The van der Waals surface area contributed by atoms with Gasteiger partial charge in [0.2, 0.25) is 0 Å². The fourth-order valence-electron chi connectivity index (χ4n) is 2.04. The number of hydrogen-bond acceptors (Lipinski definition) is 3. The summed E-state index contributed by atoms with van der Waals surface area (Å²) in [6.45, 7) is 0. The van der Waals surface area contributed by atoms with Crippen molar-refractivity contribution in [2.24, 2.45) is 5.16 Å². The number of halogens is 3. The minimum atomic E-state index is -4.33. The Morgan fingerprint density at radius 3 is 2.45 bits per heavy atom. The largest absolute Gasteiger partial charge is 0.472 e. The normalized spacial score (nSPS) is 18.8. The molecule has 0 N–H and O–H groups in total. The highest BCUT2D eigenvalue weighted by molar-refractivity contribution is 6.00. The van der Waals surface area contributed by atoms with Crippen molar-refractivity contribution in [1.29, 1.82) is 0 Å². The van der Waals surface area contributed by atoms with Crippen molar-refractivity contribution in [3.63, 3.8) is 0 Å². The van der Waals surface area contributed by atoms with Gasteiger partial charge in [-0.1, -0.05) is 17.3 Å². The van der Waals surface area contributed by atoms with Crippen molar-refractivity contribution in [2.45, 2.75) is 18.7 Å². The molecule has 2 heterocycles. The van der Waals surface area contributed by atoms with Crippen LogP contribution >= 0.6 is 0 Å². The summed E-state index contributed by atoms with van der Waals surface area (Å²) in [7, 11) is 0. The zero-order chi connectivity index (χ0) is 14.2. The van der Waals surface area contributed by atoms with E-state index in [4.69, 9.17) is 9.25 Å². The second-order valence-corrected chi connectivity index (χ2v) is 4.47. The molecule has 20 heavy (non-hydrogen) atoms. The molecule has 1 unspecified atom stereocenters. The highest BCUT2D eigenvalue weighted by atomic mass is 19.4. The molecule has 1 aromatic heterocycles. The number of oxime groups is 1. The summed E-state index contributed by atoms with van der Waals surface area (Å²) in [4.78, 5) is 5.27. The molecule has 0 bridgehead atoms. The van der Waals surface area contributed by atoms with Crippen LogP contribution in [0.25, 0.3) is 0 Å². The molecule has 0 fully saturated rings. The molecular formula is C14H10F3NO2. The van der Waals surface area contributed by atoms with E-state index in [0.29, 0.717) is 12.0 Å². The first-order valence-corrected chi connectivity index (χ1v) is 5.96. The molecule has 0 radical (unpaired) electrons. The quantitative estimate of drug-likeness (QED) is 0.828. The molecule has 2 aromatic rings. The van der Waals surface area contributed by atoms with Gasteiger partial charge in [0.15, 0.2) is 6.10 Å². The Kier molecular flexibility index (Phi) is 3.00. The maximum absolute atomic E-state index is 12.5. The Labute approximate surface area is 112 Å². The Bertz CT molecular complexity index is 615.